The number of alkyl halides is 1. The SMILES string of the molecule is C=C(CCl)Cn1ncc(N(C)C)cc1=O. The van der Waals surface area contributed by atoms with E-state index in [1.165, 1.54) is 10.7 Å². The lowest BCUT2D eigenvalue weighted by Crippen LogP contribution is -2.25. The number of nitrogens with zero attached hydrogens (tertiary/aromatic N) is 3. The number of rotatable bonds is 4. The highest BCUT2D eigenvalue weighted by Crippen LogP contribution is 2.04. The Morgan fingerprint density at radius 3 is 2.80 bits per heavy atom. The molecule has 0 N–H and O–H groups in total. The lowest BCUT2D eigenvalue weighted by Gasteiger charge is -2.12. The molecular weight excluding hydrogens is 214 g/mol. The summed E-state index contributed by atoms with van der Waals surface area (Å²) in [6.07, 6.45) is 1.64. The van der Waals surface area contributed by atoms with E-state index < -0.39 is 0 Å². The fraction of sp³-hybridized carbons (Fsp3) is 0.400. The number of aromatic nitrogens is 2. The van der Waals surface area contributed by atoms with Crippen LogP contribution in [0.5, 0.6) is 0 Å². The van der Waals surface area contributed by atoms with Crippen molar-refractivity contribution in [1.29, 1.82) is 0 Å². The molecule has 0 saturated heterocycles. The molecule has 0 aliphatic heterocycles. The van der Waals surface area contributed by atoms with Crippen LogP contribution in [0.25, 0.3) is 0 Å². The summed E-state index contributed by atoms with van der Waals surface area (Å²) >= 11 is 5.59. The zero-order chi connectivity index (χ0) is 11.4. The highest BCUT2D eigenvalue weighted by atomic mass is 35.5. The molecule has 4 nitrogen and oxygen atoms in total. The van der Waals surface area contributed by atoms with E-state index in [-0.39, 0.29) is 5.56 Å². The van der Waals surface area contributed by atoms with Crippen molar-refractivity contribution in [2.45, 2.75) is 6.54 Å². The maximum Gasteiger partial charge on any atom is 0.269 e. The highest BCUT2D eigenvalue weighted by molar-refractivity contribution is 6.19. The molecule has 5 heteroatoms. The van der Waals surface area contributed by atoms with Gasteiger partial charge < -0.3 is 4.90 Å². The second-order valence-electron chi connectivity index (χ2n) is 3.49. The number of hydrogen-bond donors (Lipinski definition) is 0. The van der Waals surface area contributed by atoms with Crippen LogP contribution in [0.2, 0.25) is 0 Å². The van der Waals surface area contributed by atoms with Gasteiger partial charge in [0.05, 0.1) is 18.4 Å². The van der Waals surface area contributed by atoms with Gasteiger partial charge in [-0.1, -0.05) is 6.58 Å². The van der Waals surface area contributed by atoms with Crippen molar-refractivity contribution < 1.29 is 0 Å². The molecule has 1 heterocycles. The molecule has 1 aromatic rings. The largest absolute Gasteiger partial charge is 0.376 e. The summed E-state index contributed by atoms with van der Waals surface area (Å²) in [5.74, 6) is 0.337. The van der Waals surface area contributed by atoms with Crippen LogP contribution in [-0.4, -0.2) is 29.8 Å². The van der Waals surface area contributed by atoms with Crippen LogP contribution in [0.1, 0.15) is 0 Å². The molecule has 0 aromatic carbocycles. The maximum atomic E-state index is 11.6. The van der Waals surface area contributed by atoms with Crippen LogP contribution in [0, 0.1) is 0 Å². The van der Waals surface area contributed by atoms with Gasteiger partial charge in [0.25, 0.3) is 5.56 Å². The summed E-state index contributed by atoms with van der Waals surface area (Å²) in [5.41, 5.74) is 1.41. The first-order chi connectivity index (χ1) is 7.04. The van der Waals surface area contributed by atoms with E-state index in [1.807, 2.05) is 19.0 Å². The Morgan fingerprint density at radius 1 is 1.67 bits per heavy atom. The second-order valence-corrected chi connectivity index (χ2v) is 3.75. The quantitative estimate of drug-likeness (QED) is 0.571. The second kappa shape index (κ2) is 4.98. The van der Waals surface area contributed by atoms with Gasteiger partial charge in [0.15, 0.2) is 0 Å². The molecule has 0 amide bonds. The fourth-order valence-electron chi connectivity index (χ4n) is 1.04. The minimum absolute atomic E-state index is 0.146. The van der Waals surface area contributed by atoms with E-state index in [9.17, 15) is 4.79 Å². The average Bonchev–Trinajstić information content (AvgIpc) is 2.20. The van der Waals surface area contributed by atoms with E-state index >= 15 is 0 Å². The monoisotopic (exact) mass is 227 g/mol. The van der Waals surface area contributed by atoms with Crippen LogP contribution in [-0.2, 0) is 6.54 Å². The van der Waals surface area contributed by atoms with Crippen LogP contribution in [0.3, 0.4) is 0 Å². The topological polar surface area (TPSA) is 38.1 Å². The molecule has 0 radical (unpaired) electrons. The van der Waals surface area contributed by atoms with Gasteiger partial charge in [-0.2, -0.15) is 5.10 Å². The molecule has 1 rings (SSSR count). The van der Waals surface area contributed by atoms with Crippen molar-refractivity contribution in [2.24, 2.45) is 0 Å². The number of anilines is 1. The van der Waals surface area contributed by atoms with Gasteiger partial charge in [-0.3, -0.25) is 4.79 Å². The van der Waals surface area contributed by atoms with Crippen LogP contribution >= 0.6 is 11.6 Å². The van der Waals surface area contributed by atoms with Crippen molar-refractivity contribution in [3.8, 4) is 0 Å². The third-order valence-corrected chi connectivity index (χ3v) is 2.31. The first kappa shape index (κ1) is 11.8. The summed E-state index contributed by atoms with van der Waals surface area (Å²) in [5, 5.41) is 4.03. The van der Waals surface area contributed by atoms with Gasteiger partial charge >= 0.3 is 0 Å². The van der Waals surface area contributed by atoms with Gasteiger partial charge in [0.2, 0.25) is 0 Å². The first-order valence-corrected chi connectivity index (χ1v) is 5.05. The Hall–Kier alpha value is -1.29. The number of allylic oxidation sites excluding steroid dienone is 1. The highest BCUT2D eigenvalue weighted by Gasteiger charge is 2.02. The smallest absolute Gasteiger partial charge is 0.269 e. The molecule has 0 atom stereocenters. The molecule has 0 bridgehead atoms. The zero-order valence-electron chi connectivity index (χ0n) is 8.90. The van der Waals surface area contributed by atoms with Crippen molar-refractivity contribution in [2.75, 3.05) is 24.9 Å². The van der Waals surface area contributed by atoms with Crippen molar-refractivity contribution in [1.82, 2.24) is 9.78 Å². The Balaban J connectivity index is 2.94. The molecule has 82 valence electrons. The molecule has 0 aliphatic rings. The van der Waals surface area contributed by atoms with Gasteiger partial charge in [-0.25, -0.2) is 4.68 Å². The summed E-state index contributed by atoms with van der Waals surface area (Å²) in [6.45, 7) is 4.10. The number of hydrogen-bond acceptors (Lipinski definition) is 3. The molecule has 0 saturated carbocycles. The maximum absolute atomic E-state index is 11.6. The molecular formula is C10H14ClN3O. The summed E-state index contributed by atoms with van der Waals surface area (Å²) in [7, 11) is 3.72. The Kier molecular flexibility index (Phi) is 3.91. The summed E-state index contributed by atoms with van der Waals surface area (Å²) in [6, 6.07) is 1.54. The van der Waals surface area contributed by atoms with Crippen molar-refractivity contribution in [3.63, 3.8) is 0 Å². The van der Waals surface area contributed by atoms with Gasteiger partial charge in [-0.05, 0) is 5.57 Å². The fourth-order valence-corrected chi connectivity index (χ4v) is 1.13. The predicted octanol–water partition coefficient (Wildman–Crippen LogP) is 1.10. The van der Waals surface area contributed by atoms with E-state index in [0.717, 1.165) is 11.3 Å². The molecule has 15 heavy (non-hydrogen) atoms. The minimum Gasteiger partial charge on any atom is -0.376 e. The van der Waals surface area contributed by atoms with E-state index in [4.69, 9.17) is 11.6 Å². The van der Waals surface area contributed by atoms with Crippen molar-refractivity contribution in [3.05, 3.63) is 34.8 Å². The van der Waals surface area contributed by atoms with E-state index in [0.29, 0.717) is 12.4 Å². The molecule has 0 spiro atoms. The Labute approximate surface area is 93.8 Å². The first-order valence-electron chi connectivity index (χ1n) is 4.51. The van der Waals surface area contributed by atoms with E-state index in [2.05, 4.69) is 11.7 Å². The van der Waals surface area contributed by atoms with Gasteiger partial charge in [0, 0.05) is 26.0 Å². The molecule has 0 aliphatic carbocycles. The summed E-state index contributed by atoms with van der Waals surface area (Å²) in [4.78, 5) is 13.4. The molecule has 1 aromatic heterocycles. The van der Waals surface area contributed by atoms with Crippen molar-refractivity contribution >= 4 is 17.3 Å². The van der Waals surface area contributed by atoms with E-state index in [1.54, 1.807) is 6.20 Å². The predicted molar refractivity (Wildman–Crippen MR) is 62.7 cm³/mol. The Morgan fingerprint density at radius 2 is 2.33 bits per heavy atom. The lowest BCUT2D eigenvalue weighted by atomic mass is 10.3. The molecule has 0 unspecified atom stereocenters. The number of halogens is 1. The van der Waals surface area contributed by atoms with Crippen LogP contribution in [0.15, 0.2) is 29.2 Å². The van der Waals surface area contributed by atoms with Crippen LogP contribution in [0.4, 0.5) is 5.69 Å². The normalized spacial score (nSPS) is 10.1. The third-order valence-electron chi connectivity index (χ3n) is 1.93. The molecule has 0 fully saturated rings. The zero-order valence-corrected chi connectivity index (χ0v) is 9.66. The van der Waals surface area contributed by atoms with Gasteiger partial charge in [0.1, 0.15) is 0 Å². The van der Waals surface area contributed by atoms with Crippen LogP contribution < -0.4 is 10.5 Å². The standard InChI is InChI=1S/C10H14ClN3O/c1-8(5-11)7-14-10(15)4-9(6-12-14)13(2)3/h4,6H,1,5,7H2,2-3H3. The average molecular weight is 228 g/mol. The minimum atomic E-state index is -0.146. The lowest BCUT2D eigenvalue weighted by molar-refractivity contribution is 0.632. The third kappa shape index (κ3) is 3.09. The Bertz CT molecular complexity index is 411. The van der Waals surface area contributed by atoms with Gasteiger partial charge in [-0.15, -0.1) is 11.6 Å². The summed E-state index contributed by atoms with van der Waals surface area (Å²) < 4.78 is 1.34.